The van der Waals surface area contributed by atoms with Gasteiger partial charge in [0.05, 0.1) is 6.54 Å². The highest BCUT2D eigenvalue weighted by Gasteiger charge is 2.16. The van der Waals surface area contributed by atoms with Crippen LogP contribution in [0.2, 0.25) is 0 Å². The Morgan fingerprint density at radius 1 is 1.50 bits per heavy atom. The minimum Gasteiger partial charge on any atom is -0.475 e. The Morgan fingerprint density at radius 3 is 2.83 bits per heavy atom. The number of nitrogens with one attached hydrogen (secondary N) is 1. The smallest absolute Gasteiger partial charge is 0.371 e. The maximum Gasteiger partial charge on any atom is 0.371 e. The highest BCUT2D eigenvalue weighted by molar-refractivity contribution is 5.84. The van der Waals surface area contributed by atoms with Gasteiger partial charge in [0.15, 0.2) is 0 Å². The number of carbonyl (C=O) groups is 1. The van der Waals surface area contributed by atoms with E-state index in [1.807, 2.05) is 7.05 Å². The van der Waals surface area contributed by atoms with Gasteiger partial charge in [-0.1, -0.05) is 0 Å². The molecule has 0 atom stereocenters. The predicted octanol–water partition coefficient (Wildman–Crippen LogP) is 1.41. The normalized spacial score (nSPS) is 17.2. The van der Waals surface area contributed by atoms with Crippen molar-refractivity contribution < 1.29 is 14.3 Å². The summed E-state index contributed by atoms with van der Waals surface area (Å²) >= 11 is 0. The van der Waals surface area contributed by atoms with Crippen molar-refractivity contribution in [1.82, 2.24) is 10.2 Å². The quantitative estimate of drug-likeness (QED) is 0.829. The van der Waals surface area contributed by atoms with E-state index in [-0.39, 0.29) is 5.76 Å². The van der Waals surface area contributed by atoms with E-state index in [4.69, 9.17) is 9.52 Å². The minimum absolute atomic E-state index is 0.0141. The molecule has 0 unspecified atom stereocenters. The molecule has 2 rings (SSSR count). The Bertz CT molecular complexity index is 397. The standard InChI is InChI=1S/C13H20N2O3/c1-15(8-10-4-6-14-7-5-10)9-11-2-3-12(18-11)13(16)17/h2-3,10,14H,4-9H2,1H3,(H,16,17). The molecule has 0 bridgehead atoms. The Balaban J connectivity index is 1.82. The number of rotatable bonds is 5. The van der Waals surface area contributed by atoms with Crippen molar-refractivity contribution in [2.75, 3.05) is 26.7 Å². The molecule has 100 valence electrons. The van der Waals surface area contributed by atoms with Gasteiger partial charge in [0.1, 0.15) is 5.76 Å². The third-order valence-corrected chi connectivity index (χ3v) is 3.33. The molecule has 1 aliphatic heterocycles. The van der Waals surface area contributed by atoms with E-state index in [0.717, 1.165) is 25.6 Å². The lowest BCUT2D eigenvalue weighted by Gasteiger charge is -2.26. The lowest BCUT2D eigenvalue weighted by atomic mass is 9.98. The highest BCUT2D eigenvalue weighted by Crippen LogP contribution is 2.15. The third kappa shape index (κ3) is 3.58. The number of piperidine rings is 1. The summed E-state index contributed by atoms with van der Waals surface area (Å²) in [7, 11) is 2.05. The van der Waals surface area contributed by atoms with Crippen molar-refractivity contribution >= 4 is 5.97 Å². The average molecular weight is 252 g/mol. The lowest BCUT2D eigenvalue weighted by Crippen LogP contribution is -2.34. The molecule has 2 N–H and O–H groups in total. The second-order valence-corrected chi connectivity index (χ2v) is 4.96. The molecule has 5 heteroatoms. The largest absolute Gasteiger partial charge is 0.475 e. The molecule has 0 aliphatic carbocycles. The van der Waals surface area contributed by atoms with E-state index < -0.39 is 5.97 Å². The van der Waals surface area contributed by atoms with Crippen LogP contribution < -0.4 is 5.32 Å². The zero-order valence-corrected chi connectivity index (χ0v) is 10.7. The fourth-order valence-corrected chi connectivity index (χ4v) is 2.41. The monoisotopic (exact) mass is 252 g/mol. The summed E-state index contributed by atoms with van der Waals surface area (Å²) in [5.74, 6) is 0.441. The average Bonchev–Trinajstić information content (AvgIpc) is 2.78. The summed E-state index contributed by atoms with van der Waals surface area (Å²) in [6, 6.07) is 3.25. The second kappa shape index (κ2) is 6.02. The molecule has 0 amide bonds. The van der Waals surface area contributed by atoms with Gasteiger partial charge in [0.25, 0.3) is 0 Å². The highest BCUT2D eigenvalue weighted by atomic mass is 16.4. The summed E-state index contributed by atoms with van der Waals surface area (Å²) in [4.78, 5) is 12.9. The molecule has 2 heterocycles. The Morgan fingerprint density at radius 2 is 2.22 bits per heavy atom. The SMILES string of the molecule is CN(Cc1ccc(C(=O)O)o1)CC1CCNCC1. The van der Waals surface area contributed by atoms with E-state index in [1.54, 1.807) is 6.07 Å². The van der Waals surface area contributed by atoms with Crippen molar-refractivity contribution in [1.29, 1.82) is 0 Å². The first-order valence-corrected chi connectivity index (χ1v) is 6.36. The summed E-state index contributed by atoms with van der Waals surface area (Å²) in [5.41, 5.74) is 0. The van der Waals surface area contributed by atoms with Crippen LogP contribution in [0.3, 0.4) is 0 Å². The van der Waals surface area contributed by atoms with Crippen LogP contribution in [0.4, 0.5) is 0 Å². The van der Waals surface area contributed by atoms with E-state index in [9.17, 15) is 4.79 Å². The van der Waals surface area contributed by atoms with Crippen LogP contribution in [-0.4, -0.2) is 42.7 Å². The molecule has 1 saturated heterocycles. The number of aromatic carboxylic acids is 1. The first-order chi connectivity index (χ1) is 8.65. The number of hydrogen-bond acceptors (Lipinski definition) is 4. The van der Waals surface area contributed by atoms with Gasteiger partial charge >= 0.3 is 5.97 Å². The number of carboxylic acids is 1. The van der Waals surface area contributed by atoms with Gasteiger partial charge in [-0.3, -0.25) is 4.90 Å². The Labute approximate surface area is 107 Å². The van der Waals surface area contributed by atoms with Crippen LogP contribution in [0.1, 0.15) is 29.2 Å². The number of furan rings is 1. The van der Waals surface area contributed by atoms with Gasteiger partial charge in [-0.05, 0) is 51.0 Å². The van der Waals surface area contributed by atoms with Gasteiger partial charge in [-0.2, -0.15) is 0 Å². The number of nitrogens with zero attached hydrogens (tertiary/aromatic N) is 1. The molecule has 0 aromatic carbocycles. The zero-order chi connectivity index (χ0) is 13.0. The van der Waals surface area contributed by atoms with Gasteiger partial charge in [0, 0.05) is 6.54 Å². The molecule has 0 spiro atoms. The maximum atomic E-state index is 10.7. The zero-order valence-electron chi connectivity index (χ0n) is 10.7. The maximum absolute atomic E-state index is 10.7. The van der Waals surface area contributed by atoms with Crippen molar-refractivity contribution in [3.05, 3.63) is 23.7 Å². The first kappa shape index (κ1) is 13.1. The van der Waals surface area contributed by atoms with E-state index >= 15 is 0 Å². The second-order valence-electron chi connectivity index (χ2n) is 4.96. The van der Waals surface area contributed by atoms with Gasteiger partial charge < -0.3 is 14.8 Å². The Kier molecular flexibility index (Phi) is 4.38. The molecule has 0 saturated carbocycles. The minimum atomic E-state index is -1.01. The van der Waals surface area contributed by atoms with Crippen LogP contribution >= 0.6 is 0 Å². The molecule has 5 nitrogen and oxygen atoms in total. The summed E-state index contributed by atoms with van der Waals surface area (Å²) < 4.78 is 5.25. The van der Waals surface area contributed by atoms with E-state index in [2.05, 4.69) is 10.2 Å². The predicted molar refractivity (Wildman–Crippen MR) is 67.6 cm³/mol. The molecular formula is C13H20N2O3. The molecular weight excluding hydrogens is 232 g/mol. The van der Waals surface area contributed by atoms with Crippen molar-refractivity contribution in [3.8, 4) is 0 Å². The Hall–Kier alpha value is -1.33. The van der Waals surface area contributed by atoms with Gasteiger partial charge in [0.2, 0.25) is 5.76 Å². The summed E-state index contributed by atoms with van der Waals surface area (Å²) in [6.45, 7) is 3.90. The summed E-state index contributed by atoms with van der Waals surface area (Å²) in [5, 5.41) is 12.1. The fraction of sp³-hybridized carbons (Fsp3) is 0.615. The van der Waals surface area contributed by atoms with E-state index in [0.29, 0.717) is 12.3 Å². The molecule has 1 aromatic heterocycles. The van der Waals surface area contributed by atoms with Gasteiger partial charge in [-0.25, -0.2) is 4.79 Å². The lowest BCUT2D eigenvalue weighted by molar-refractivity contribution is 0.0658. The van der Waals surface area contributed by atoms with E-state index in [1.165, 1.54) is 18.9 Å². The van der Waals surface area contributed by atoms with Crippen LogP contribution in [-0.2, 0) is 6.54 Å². The van der Waals surface area contributed by atoms with Crippen molar-refractivity contribution in [2.45, 2.75) is 19.4 Å². The van der Waals surface area contributed by atoms with Crippen LogP contribution in [0.25, 0.3) is 0 Å². The van der Waals surface area contributed by atoms with Crippen LogP contribution in [0, 0.1) is 5.92 Å². The van der Waals surface area contributed by atoms with Crippen molar-refractivity contribution in [2.24, 2.45) is 5.92 Å². The summed E-state index contributed by atoms with van der Waals surface area (Å²) in [6.07, 6.45) is 2.42. The van der Waals surface area contributed by atoms with Crippen molar-refractivity contribution in [3.63, 3.8) is 0 Å². The molecule has 1 aromatic rings. The fourth-order valence-electron chi connectivity index (χ4n) is 2.41. The topological polar surface area (TPSA) is 65.7 Å². The van der Waals surface area contributed by atoms with Gasteiger partial charge in [-0.15, -0.1) is 0 Å². The number of hydrogen-bond donors (Lipinski definition) is 2. The first-order valence-electron chi connectivity index (χ1n) is 6.36. The molecule has 0 radical (unpaired) electrons. The van der Waals surface area contributed by atoms with Crippen LogP contribution in [0.15, 0.2) is 16.5 Å². The molecule has 18 heavy (non-hydrogen) atoms. The molecule has 1 fully saturated rings. The van der Waals surface area contributed by atoms with Crippen LogP contribution in [0.5, 0.6) is 0 Å². The molecule has 1 aliphatic rings. The third-order valence-electron chi connectivity index (χ3n) is 3.33. The number of carboxylic acid groups (broad SMARTS) is 1.